The average Bonchev–Trinajstić information content (AvgIpc) is 3.28. The highest BCUT2D eigenvalue weighted by Gasteiger charge is 2.70. The van der Waals surface area contributed by atoms with Crippen LogP contribution in [-0.4, -0.2) is 55.1 Å². The minimum absolute atomic E-state index is 0.109. The second-order valence-electron chi connectivity index (χ2n) is 13.6. The van der Waals surface area contributed by atoms with Gasteiger partial charge in [-0.15, -0.1) is 11.6 Å². The Bertz CT molecular complexity index is 1710. The lowest BCUT2D eigenvalue weighted by Crippen LogP contribution is -2.57. The third kappa shape index (κ3) is 6.41. The Balaban J connectivity index is 1.78. The Kier molecular flexibility index (Phi) is 9.93. The molecular weight excluding hydrogens is 656 g/mol. The molecule has 3 atom stereocenters. The third-order valence-electron chi connectivity index (χ3n) is 9.47. The van der Waals surface area contributed by atoms with E-state index in [0.29, 0.717) is 22.4 Å². The van der Waals surface area contributed by atoms with Crippen LogP contribution >= 0.6 is 11.6 Å². The van der Waals surface area contributed by atoms with E-state index in [0.717, 1.165) is 10.8 Å². The first kappa shape index (κ1) is 35.7. The summed E-state index contributed by atoms with van der Waals surface area (Å²) in [5.74, 6) is -3.80. The van der Waals surface area contributed by atoms with E-state index in [1.807, 2.05) is 94.5 Å². The number of aromatic nitrogens is 2. The molecule has 1 aromatic heterocycles. The Hall–Kier alpha value is -3.61. The molecule has 0 spiro atoms. The van der Waals surface area contributed by atoms with Gasteiger partial charge in [0.1, 0.15) is 22.8 Å². The number of nitrogens with two attached hydrogens (primary N) is 1. The maximum absolute atomic E-state index is 17.4. The Labute approximate surface area is 285 Å². The van der Waals surface area contributed by atoms with E-state index in [9.17, 15) is 4.79 Å². The minimum atomic E-state index is -3.84. The van der Waals surface area contributed by atoms with Gasteiger partial charge in [-0.3, -0.25) is 4.57 Å². The number of halogens is 3. The van der Waals surface area contributed by atoms with Crippen molar-refractivity contribution in [2.75, 3.05) is 25.3 Å². The molecule has 12 heteroatoms. The zero-order valence-corrected chi connectivity index (χ0v) is 29.7. The molecule has 1 saturated heterocycles. The van der Waals surface area contributed by atoms with E-state index >= 15 is 8.78 Å². The molecule has 8 nitrogen and oxygen atoms in total. The van der Waals surface area contributed by atoms with Gasteiger partial charge in [-0.05, 0) is 53.0 Å². The third-order valence-corrected chi connectivity index (χ3v) is 14.4. The zero-order valence-electron chi connectivity index (χ0n) is 28.0. The molecule has 0 radical (unpaired) electrons. The number of anilines is 1. The van der Waals surface area contributed by atoms with Crippen molar-refractivity contribution in [2.24, 2.45) is 0 Å². The van der Waals surface area contributed by atoms with Gasteiger partial charge in [0.25, 0.3) is 0 Å². The number of methoxy groups -OCH3 is 1. The lowest BCUT2D eigenvalue weighted by atomic mass is 9.79. The summed E-state index contributed by atoms with van der Waals surface area (Å²) in [7, 11) is -0.992. The van der Waals surface area contributed by atoms with Gasteiger partial charge in [-0.1, -0.05) is 93.6 Å². The van der Waals surface area contributed by atoms with Crippen molar-refractivity contribution in [1.29, 1.82) is 0 Å². The number of nitrogen functional groups attached to an aromatic ring is 1. The van der Waals surface area contributed by atoms with Crippen LogP contribution in [0.25, 0.3) is 0 Å². The van der Waals surface area contributed by atoms with Gasteiger partial charge in [-0.2, -0.15) is 13.8 Å². The van der Waals surface area contributed by atoms with Crippen molar-refractivity contribution in [3.8, 4) is 5.75 Å². The zero-order chi connectivity index (χ0) is 35.0. The molecule has 256 valence electrons. The molecule has 2 N–H and O–H groups in total. The van der Waals surface area contributed by atoms with Gasteiger partial charge in [0, 0.05) is 6.20 Å². The number of hydrogen-bond donors (Lipinski definition) is 1. The summed E-state index contributed by atoms with van der Waals surface area (Å²) >= 11 is 6.71. The molecule has 48 heavy (non-hydrogen) atoms. The van der Waals surface area contributed by atoms with Gasteiger partial charge < -0.3 is 24.4 Å². The molecule has 5 rings (SSSR count). The highest BCUT2D eigenvalue weighted by molar-refractivity contribution is 6.74. The molecule has 1 fully saturated rings. The van der Waals surface area contributed by atoms with Gasteiger partial charge in [0.05, 0.1) is 19.6 Å². The summed E-state index contributed by atoms with van der Waals surface area (Å²) in [5, 5.41) is -0.254. The number of benzene rings is 3. The van der Waals surface area contributed by atoms with Gasteiger partial charge in [0.2, 0.25) is 6.23 Å². The first-order chi connectivity index (χ1) is 22.6. The molecule has 2 heterocycles. The normalized spacial score (nSPS) is 21.3. The molecule has 0 amide bonds. The van der Waals surface area contributed by atoms with Crippen LogP contribution in [0.3, 0.4) is 0 Å². The largest absolute Gasteiger partial charge is 0.497 e. The molecular formula is C36H42ClF2N3O5Si. The van der Waals surface area contributed by atoms with Crippen LogP contribution in [0.4, 0.5) is 14.6 Å². The fraction of sp³-hybridized carbons (Fsp3) is 0.389. The summed E-state index contributed by atoms with van der Waals surface area (Å²) < 4.78 is 60.8. The first-order valence-electron chi connectivity index (χ1n) is 15.6. The predicted octanol–water partition coefficient (Wildman–Crippen LogP) is 7.37. The van der Waals surface area contributed by atoms with E-state index in [2.05, 4.69) is 4.98 Å². The topological polar surface area (TPSA) is 97.8 Å². The van der Waals surface area contributed by atoms with Crippen molar-refractivity contribution < 1.29 is 27.4 Å². The fourth-order valence-electron chi connectivity index (χ4n) is 5.70. The molecule has 0 bridgehead atoms. The van der Waals surface area contributed by atoms with E-state index in [1.54, 1.807) is 31.4 Å². The summed E-state index contributed by atoms with van der Waals surface area (Å²) in [6.07, 6.45) is -3.03. The van der Waals surface area contributed by atoms with E-state index < -0.39 is 49.3 Å². The number of nitrogens with zero attached hydrogens (tertiary/aromatic N) is 2. The van der Waals surface area contributed by atoms with Crippen molar-refractivity contribution >= 4 is 25.7 Å². The average molecular weight is 698 g/mol. The maximum atomic E-state index is 17.4. The van der Waals surface area contributed by atoms with Crippen LogP contribution in [0.15, 0.2) is 102 Å². The Morgan fingerprint density at radius 1 is 0.938 bits per heavy atom. The van der Waals surface area contributed by atoms with Crippen LogP contribution in [0.1, 0.15) is 43.7 Å². The van der Waals surface area contributed by atoms with Crippen LogP contribution < -0.4 is 16.2 Å². The molecule has 0 saturated carbocycles. The molecule has 4 aromatic rings. The number of rotatable bonds is 11. The number of ether oxygens (including phenoxy) is 3. The molecule has 1 aliphatic rings. The summed E-state index contributed by atoms with van der Waals surface area (Å²) in [6, 6.07) is 26.6. The van der Waals surface area contributed by atoms with Gasteiger partial charge >= 0.3 is 11.6 Å². The summed E-state index contributed by atoms with van der Waals surface area (Å²) in [4.78, 5) is 16.7. The SMILES string of the molecule is COc1ccc(C(O[C@H]2C(F)(F)[C@H](n3ccc(N)nc3=O)O[C@]2(CCl)CO[Si](C)(C)C(C)(C)C)(c2ccccc2)c2ccccc2)cc1. The molecule has 1 aliphatic heterocycles. The van der Waals surface area contributed by atoms with E-state index in [-0.39, 0.29) is 17.5 Å². The van der Waals surface area contributed by atoms with Crippen LogP contribution in [-0.2, 0) is 19.5 Å². The van der Waals surface area contributed by atoms with Crippen molar-refractivity contribution in [2.45, 2.75) is 68.4 Å². The molecule has 0 unspecified atom stereocenters. The lowest BCUT2D eigenvalue weighted by molar-refractivity contribution is -0.187. The van der Waals surface area contributed by atoms with Gasteiger partial charge in [0.15, 0.2) is 14.4 Å². The lowest BCUT2D eigenvalue weighted by Gasteiger charge is -2.44. The summed E-state index contributed by atoms with van der Waals surface area (Å²) in [5.41, 5.74) is 2.90. The second-order valence-corrected chi connectivity index (χ2v) is 18.7. The van der Waals surface area contributed by atoms with E-state index in [1.165, 1.54) is 6.07 Å². The smallest absolute Gasteiger partial charge is 0.351 e. The standard InChI is InChI=1S/C36H42ClF2N3O5Si/c1-33(2,3)48(5,6)45-24-34(23-37)30(36(38,39)31(47-34)42-22-21-29(40)41-32(42)43)46-35(25-13-9-7-10-14-25,26-15-11-8-12-16-26)27-17-19-28(44-4)20-18-27/h7-22,30-31H,23-24H2,1-6H3,(H2,40,41,43)/t30-,31-,34-/m1/s1. The maximum Gasteiger partial charge on any atom is 0.351 e. The minimum Gasteiger partial charge on any atom is -0.497 e. The number of alkyl halides is 3. The van der Waals surface area contributed by atoms with Gasteiger partial charge in [-0.25, -0.2) is 4.79 Å². The predicted molar refractivity (Wildman–Crippen MR) is 185 cm³/mol. The van der Waals surface area contributed by atoms with Crippen molar-refractivity contribution in [3.05, 3.63) is 124 Å². The van der Waals surface area contributed by atoms with E-state index in [4.69, 9.17) is 36.0 Å². The van der Waals surface area contributed by atoms with Crippen LogP contribution in [0.2, 0.25) is 18.1 Å². The number of hydrogen-bond acceptors (Lipinski definition) is 7. The summed E-state index contributed by atoms with van der Waals surface area (Å²) in [6.45, 7) is 9.85. The molecule has 0 aliphatic carbocycles. The highest BCUT2D eigenvalue weighted by Crippen LogP contribution is 2.55. The fourth-order valence-corrected chi connectivity index (χ4v) is 7.02. The van der Waals surface area contributed by atoms with Crippen molar-refractivity contribution in [3.63, 3.8) is 0 Å². The second kappa shape index (κ2) is 13.4. The van der Waals surface area contributed by atoms with Crippen LogP contribution in [0.5, 0.6) is 5.75 Å². The molecule has 3 aromatic carbocycles. The first-order valence-corrected chi connectivity index (χ1v) is 19.1. The highest BCUT2D eigenvalue weighted by atomic mass is 35.5. The van der Waals surface area contributed by atoms with Crippen molar-refractivity contribution in [1.82, 2.24) is 9.55 Å². The monoisotopic (exact) mass is 697 g/mol. The Morgan fingerprint density at radius 2 is 1.48 bits per heavy atom. The Morgan fingerprint density at radius 3 is 1.96 bits per heavy atom. The van der Waals surface area contributed by atoms with Crippen LogP contribution in [0, 0.1) is 0 Å². The quantitative estimate of drug-likeness (QED) is 0.0993.